The number of hydrogen-bond donors (Lipinski definition) is 2. The van der Waals surface area contributed by atoms with Crippen LogP contribution in [0.25, 0.3) is 0 Å². The second kappa shape index (κ2) is 9.05. The zero-order chi connectivity index (χ0) is 17.6. The van der Waals surface area contributed by atoms with E-state index in [1.54, 1.807) is 0 Å². The van der Waals surface area contributed by atoms with Gasteiger partial charge in [0.05, 0.1) is 12.1 Å². The maximum Gasteiger partial charge on any atom is 0.137 e. The van der Waals surface area contributed by atoms with Gasteiger partial charge in [0.1, 0.15) is 25.0 Å². The van der Waals surface area contributed by atoms with Crippen molar-refractivity contribution >= 4 is 0 Å². The molecule has 2 N–H and O–H groups in total. The van der Waals surface area contributed by atoms with Gasteiger partial charge >= 0.3 is 0 Å². The van der Waals surface area contributed by atoms with Gasteiger partial charge in [0.2, 0.25) is 0 Å². The number of likely N-dealkylation sites (tertiary alicyclic amines) is 1. The van der Waals surface area contributed by atoms with E-state index in [1.807, 2.05) is 0 Å². The van der Waals surface area contributed by atoms with Crippen molar-refractivity contribution in [1.82, 2.24) is 0 Å². The summed E-state index contributed by atoms with van der Waals surface area (Å²) < 4.78 is 5.86. The highest BCUT2D eigenvalue weighted by molar-refractivity contribution is 5.29. The lowest BCUT2D eigenvalue weighted by atomic mass is 9.84. The molecule has 2 fully saturated rings. The number of ether oxygens (including phenoxy) is 1. The van der Waals surface area contributed by atoms with Crippen LogP contribution in [-0.2, 0) is 0 Å². The van der Waals surface area contributed by atoms with Crippen LogP contribution in [0.2, 0.25) is 0 Å². The maximum atomic E-state index is 10.4. The van der Waals surface area contributed by atoms with E-state index in [0.29, 0.717) is 18.7 Å². The summed E-state index contributed by atoms with van der Waals surface area (Å²) in [4.78, 5) is 1.54. The molecule has 4 atom stereocenters. The Morgan fingerprint density at radius 1 is 0.960 bits per heavy atom. The Balaban J connectivity index is 1.46. The zero-order valence-corrected chi connectivity index (χ0v) is 16.0. The molecule has 0 radical (unpaired) electrons. The first-order valence-corrected chi connectivity index (χ1v) is 10.4. The van der Waals surface area contributed by atoms with Crippen molar-refractivity contribution in [3.05, 3.63) is 29.8 Å². The van der Waals surface area contributed by atoms with Crippen LogP contribution >= 0.6 is 0 Å². The van der Waals surface area contributed by atoms with Crippen molar-refractivity contribution in [3.63, 3.8) is 0 Å². The number of rotatable bonds is 6. The third-order valence-corrected chi connectivity index (χ3v) is 6.41. The molecule has 1 saturated heterocycles. The Morgan fingerprint density at radius 3 is 2.24 bits per heavy atom. The van der Waals surface area contributed by atoms with Crippen LogP contribution in [0.15, 0.2) is 24.3 Å². The van der Waals surface area contributed by atoms with Crippen LogP contribution in [0.4, 0.5) is 0 Å². The van der Waals surface area contributed by atoms with Crippen molar-refractivity contribution in [2.45, 2.75) is 89.3 Å². The Labute approximate surface area is 153 Å². The minimum atomic E-state index is -0.393. The molecule has 3 heteroatoms. The lowest BCUT2D eigenvalue weighted by Gasteiger charge is -2.36. The molecule has 0 aromatic heterocycles. The summed E-state index contributed by atoms with van der Waals surface area (Å²) in [5.74, 6) is 1.62. The molecule has 1 heterocycles. The molecule has 0 bridgehead atoms. The largest absolute Gasteiger partial charge is 0.491 e. The summed E-state index contributed by atoms with van der Waals surface area (Å²) in [5.41, 5.74) is 1.45. The van der Waals surface area contributed by atoms with Crippen LogP contribution in [0.3, 0.4) is 0 Å². The van der Waals surface area contributed by atoms with Crippen LogP contribution in [0.5, 0.6) is 5.75 Å². The van der Waals surface area contributed by atoms with Crippen LogP contribution in [-0.4, -0.2) is 36.4 Å². The molecular formula is C22H36NO2+. The molecule has 1 unspecified atom stereocenters. The van der Waals surface area contributed by atoms with E-state index in [9.17, 15) is 5.11 Å². The first kappa shape index (κ1) is 18.7. The van der Waals surface area contributed by atoms with Gasteiger partial charge in [-0.25, -0.2) is 0 Å². The van der Waals surface area contributed by atoms with Gasteiger partial charge in [0.25, 0.3) is 0 Å². The molecule has 1 aliphatic carbocycles. The lowest BCUT2D eigenvalue weighted by molar-refractivity contribution is -0.954. The highest BCUT2D eigenvalue weighted by Gasteiger charge is 2.30. The monoisotopic (exact) mass is 346 g/mol. The molecule has 3 rings (SSSR count). The van der Waals surface area contributed by atoms with Gasteiger partial charge in [0, 0.05) is 0 Å². The summed E-state index contributed by atoms with van der Waals surface area (Å²) >= 11 is 0. The summed E-state index contributed by atoms with van der Waals surface area (Å²) in [6, 6.07) is 9.89. The van der Waals surface area contributed by atoms with Crippen LogP contribution in [0.1, 0.15) is 76.7 Å². The first-order valence-electron chi connectivity index (χ1n) is 10.4. The van der Waals surface area contributed by atoms with Crippen molar-refractivity contribution < 1.29 is 14.7 Å². The maximum absolute atomic E-state index is 10.4. The highest BCUT2D eigenvalue weighted by Crippen LogP contribution is 2.33. The number of benzene rings is 1. The fourth-order valence-corrected chi connectivity index (χ4v) is 4.78. The predicted octanol–water partition coefficient (Wildman–Crippen LogP) is 3.32. The second-order valence-electron chi connectivity index (χ2n) is 8.38. The average Bonchev–Trinajstić information content (AvgIpc) is 2.64. The fraction of sp³-hybridized carbons (Fsp3) is 0.727. The van der Waals surface area contributed by atoms with Crippen molar-refractivity contribution in [2.75, 3.05) is 13.2 Å². The van der Waals surface area contributed by atoms with Gasteiger partial charge in [-0.2, -0.15) is 0 Å². The van der Waals surface area contributed by atoms with Gasteiger partial charge in [-0.15, -0.1) is 0 Å². The number of aliphatic hydroxyl groups excluding tert-OH is 1. The van der Waals surface area contributed by atoms with Gasteiger partial charge in [-0.05, 0) is 69.6 Å². The van der Waals surface area contributed by atoms with E-state index in [0.717, 1.165) is 18.2 Å². The first-order chi connectivity index (χ1) is 12.1. The van der Waals surface area contributed by atoms with Crippen molar-refractivity contribution in [1.29, 1.82) is 0 Å². The third kappa shape index (κ3) is 5.21. The number of nitrogens with one attached hydrogen (secondary N) is 1. The summed E-state index contributed by atoms with van der Waals surface area (Å²) in [6.45, 7) is 5.80. The second-order valence-corrected chi connectivity index (χ2v) is 8.38. The highest BCUT2D eigenvalue weighted by atomic mass is 16.5. The van der Waals surface area contributed by atoms with E-state index in [4.69, 9.17) is 4.74 Å². The Hall–Kier alpha value is -1.06. The van der Waals surface area contributed by atoms with Crippen molar-refractivity contribution in [2.24, 2.45) is 0 Å². The average molecular weight is 347 g/mol. The summed E-state index contributed by atoms with van der Waals surface area (Å²) in [6.07, 6.45) is 10.3. The lowest BCUT2D eigenvalue weighted by Crippen LogP contribution is -3.20. The van der Waals surface area contributed by atoms with Gasteiger partial charge in [-0.3, -0.25) is 0 Å². The normalized spacial score (nSPS) is 29.3. The van der Waals surface area contributed by atoms with E-state index >= 15 is 0 Å². The number of aliphatic hydroxyl groups is 1. The SMILES string of the molecule is C[C@@H]1CCC[C@H](C)[NH+]1C[C@H](O)COc1ccc(C2CCCCC2)cc1. The summed E-state index contributed by atoms with van der Waals surface area (Å²) in [7, 11) is 0. The third-order valence-electron chi connectivity index (χ3n) is 6.41. The van der Waals surface area contributed by atoms with Gasteiger partial charge in [0.15, 0.2) is 0 Å². The molecule has 0 amide bonds. The quantitative estimate of drug-likeness (QED) is 0.828. The molecule has 1 aliphatic heterocycles. The number of hydrogen-bond acceptors (Lipinski definition) is 2. The smallest absolute Gasteiger partial charge is 0.137 e. The Morgan fingerprint density at radius 2 is 1.60 bits per heavy atom. The fourth-order valence-electron chi connectivity index (χ4n) is 4.78. The predicted molar refractivity (Wildman–Crippen MR) is 102 cm³/mol. The molecule has 1 aromatic rings. The van der Waals surface area contributed by atoms with Crippen LogP contribution < -0.4 is 9.64 Å². The summed E-state index contributed by atoms with van der Waals surface area (Å²) in [5, 5.41) is 10.4. The Kier molecular flexibility index (Phi) is 6.77. The van der Waals surface area contributed by atoms with Gasteiger partial charge < -0.3 is 14.7 Å². The minimum absolute atomic E-state index is 0.393. The van der Waals surface area contributed by atoms with Gasteiger partial charge in [-0.1, -0.05) is 31.4 Å². The molecule has 3 nitrogen and oxygen atoms in total. The molecule has 1 aromatic carbocycles. The Bertz CT molecular complexity index is 499. The van der Waals surface area contributed by atoms with E-state index < -0.39 is 6.10 Å². The van der Waals surface area contributed by atoms with E-state index in [2.05, 4.69) is 38.1 Å². The molecule has 1 saturated carbocycles. The number of piperidine rings is 1. The molecular weight excluding hydrogens is 310 g/mol. The molecule has 2 aliphatic rings. The number of quaternary nitrogens is 1. The van der Waals surface area contributed by atoms with Crippen LogP contribution in [0, 0.1) is 0 Å². The van der Waals surface area contributed by atoms with Crippen molar-refractivity contribution in [3.8, 4) is 5.75 Å². The minimum Gasteiger partial charge on any atom is -0.491 e. The molecule has 0 spiro atoms. The zero-order valence-electron chi connectivity index (χ0n) is 16.0. The topological polar surface area (TPSA) is 33.9 Å². The standard InChI is InChI=1S/C22H35NO2/c1-17-7-6-8-18(2)23(17)15-21(24)16-25-22-13-11-20(12-14-22)19-9-4-3-5-10-19/h11-14,17-19,21,24H,3-10,15-16H2,1-2H3/p+1/t17-,18+,21-/m0/s1. The van der Waals surface area contributed by atoms with E-state index in [-0.39, 0.29) is 0 Å². The van der Waals surface area contributed by atoms with E-state index in [1.165, 1.54) is 61.8 Å². The molecule has 140 valence electrons. The molecule has 25 heavy (non-hydrogen) atoms.